The van der Waals surface area contributed by atoms with Crippen LogP contribution in [0.3, 0.4) is 0 Å². The lowest BCUT2D eigenvalue weighted by atomic mass is 9.99. The van der Waals surface area contributed by atoms with Crippen LogP contribution in [0.15, 0.2) is 65.3 Å². The normalized spacial score (nSPS) is 11.5. The predicted molar refractivity (Wildman–Crippen MR) is 121 cm³/mol. The van der Waals surface area contributed by atoms with Crippen LogP contribution in [0.4, 0.5) is 5.82 Å². The van der Waals surface area contributed by atoms with E-state index in [2.05, 4.69) is 78.7 Å². The summed E-state index contributed by atoms with van der Waals surface area (Å²) >= 11 is 0. The highest BCUT2D eigenvalue weighted by Crippen LogP contribution is 2.29. The number of aromatic nitrogens is 3. The van der Waals surface area contributed by atoms with Gasteiger partial charge < -0.3 is 9.84 Å². The monoisotopic (exact) mass is 396 g/mol. The van der Waals surface area contributed by atoms with Crippen molar-refractivity contribution < 1.29 is 4.52 Å². The molecule has 0 aliphatic rings. The van der Waals surface area contributed by atoms with Crippen molar-refractivity contribution in [2.45, 2.75) is 20.8 Å². The molecule has 5 heteroatoms. The molecule has 2 heterocycles. The zero-order valence-corrected chi connectivity index (χ0v) is 17.6. The van der Waals surface area contributed by atoms with Crippen LogP contribution in [0.1, 0.15) is 33.7 Å². The molecule has 0 saturated heterocycles. The second kappa shape index (κ2) is 8.33. The number of aryl methyl sites for hydroxylation is 3. The number of nitrogens with one attached hydrogen (secondary N) is 1. The highest BCUT2D eigenvalue weighted by atomic mass is 16.5. The van der Waals surface area contributed by atoms with Crippen LogP contribution in [0.25, 0.3) is 23.0 Å². The van der Waals surface area contributed by atoms with E-state index in [4.69, 9.17) is 9.51 Å². The van der Waals surface area contributed by atoms with Crippen molar-refractivity contribution in [2.75, 3.05) is 12.4 Å². The van der Waals surface area contributed by atoms with Gasteiger partial charge in [-0.1, -0.05) is 53.2 Å². The molecule has 0 unspecified atom stereocenters. The van der Waals surface area contributed by atoms with Crippen molar-refractivity contribution >= 4 is 17.5 Å². The van der Waals surface area contributed by atoms with Gasteiger partial charge in [-0.2, -0.15) is 4.98 Å². The van der Waals surface area contributed by atoms with Crippen molar-refractivity contribution in [3.63, 3.8) is 0 Å². The minimum Gasteiger partial charge on any atom is -0.373 e. The molecular formula is C25H24N4O. The van der Waals surface area contributed by atoms with Crippen LogP contribution in [-0.4, -0.2) is 22.2 Å². The first kappa shape index (κ1) is 19.6. The standard InChI is InChI=1S/C25H24N4O/c1-16-7-5-8-20(13-16)22(15-19-11-10-17(2)18(3)14-19)25-28-24(29-30-25)21-9-6-12-27-23(21)26-4/h5-15H,1-4H3,(H,26,27). The van der Waals surface area contributed by atoms with Gasteiger partial charge in [0.1, 0.15) is 5.82 Å². The number of hydrogen-bond donors (Lipinski definition) is 1. The maximum Gasteiger partial charge on any atom is 0.258 e. The van der Waals surface area contributed by atoms with Gasteiger partial charge >= 0.3 is 0 Å². The molecule has 0 saturated carbocycles. The van der Waals surface area contributed by atoms with E-state index in [0.29, 0.717) is 17.5 Å². The summed E-state index contributed by atoms with van der Waals surface area (Å²) in [7, 11) is 1.82. The molecule has 30 heavy (non-hydrogen) atoms. The van der Waals surface area contributed by atoms with E-state index < -0.39 is 0 Å². The summed E-state index contributed by atoms with van der Waals surface area (Å²) in [5.74, 6) is 1.68. The summed E-state index contributed by atoms with van der Waals surface area (Å²) in [6, 6.07) is 18.5. The Morgan fingerprint density at radius 3 is 2.60 bits per heavy atom. The lowest BCUT2D eigenvalue weighted by Gasteiger charge is -2.07. The van der Waals surface area contributed by atoms with E-state index in [1.54, 1.807) is 6.20 Å². The number of pyridine rings is 1. The molecule has 0 fully saturated rings. The largest absolute Gasteiger partial charge is 0.373 e. The summed E-state index contributed by atoms with van der Waals surface area (Å²) in [4.78, 5) is 9.04. The number of anilines is 1. The molecule has 0 spiro atoms. The van der Waals surface area contributed by atoms with Gasteiger partial charge in [0.25, 0.3) is 5.89 Å². The molecule has 4 aromatic rings. The summed E-state index contributed by atoms with van der Waals surface area (Å²) in [6.07, 6.45) is 3.83. The highest BCUT2D eigenvalue weighted by Gasteiger charge is 2.17. The van der Waals surface area contributed by atoms with Crippen LogP contribution in [-0.2, 0) is 0 Å². The fraction of sp³-hybridized carbons (Fsp3) is 0.160. The molecule has 1 N–H and O–H groups in total. The van der Waals surface area contributed by atoms with E-state index >= 15 is 0 Å². The minimum absolute atomic E-state index is 0.472. The van der Waals surface area contributed by atoms with Crippen molar-refractivity contribution in [1.82, 2.24) is 15.1 Å². The van der Waals surface area contributed by atoms with Crippen LogP contribution >= 0.6 is 0 Å². The molecule has 4 rings (SSSR count). The first-order valence-electron chi connectivity index (χ1n) is 9.88. The molecular weight excluding hydrogens is 372 g/mol. The maximum atomic E-state index is 5.72. The molecule has 0 aliphatic carbocycles. The van der Waals surface area contributed by atoms with Crippen molar-refractivity contribution in [2.24, 2.45) is 0 Å². The molecule has 5 nitrogen and oxygen atoms in total. The van der Waals surface area contributed by atoms with Crippen molar-refractivity contribution in [1.29, 1.82) is 0 Å². The van der Waals surface area contributed by atoms with Crippen molar-refractivity contribution in [3.05, 3.63) is 94.5 Å². The SMILES string of the molecule is CNc1ncccc1-c1noc(C(=Cc2ccc(C)c(C)c2)c2cccc(C)c2)n1. The van der Waals surface area contributed by atoms with E-state index in [0.717, 1.165) is 22.3 Å². The van der Waals surface area contributed by atoms with Gasteiger partial charge in [-0.3, -0.25) is 0 Å². The van der Waals surface area contributed by atoms with Crippen LogP contribution in [0.5, 0.6) is 0 Å². The lowest BCUT2D eigenvalue weighted by molar-refractivity contribution is 0.409. The third-order valence-electron chi connectivity index (χ3n) is 5.11. The zero-order chi connectivity index (χ0) is 21.1. The zero-order valence-electron chi connectivity index (χ0n) is 17.6. The quantitative estimate of drug-likeness (QED) is 0.439. The van der Waals surface area contributed by atoms with Gasteiger partial charge in [-0.05, 0) is 61.2 Å². The minimum atomic E-state index is 0.472. The first-order valence-corrected chi connectivity index (χ1v) is 9.88. The predicted octanol–water partition coefficient (Wildman–Crippen LogP) is 5.69. The third-order valence-corrected chi connectivity index (χ3v) is 5.11. The van der Waals surface area contributed by atoms with Crippen molar-refractivity contribution in [3.8, 4) is 11.4 Å². The van der Waals surface area contributed by atoms with Crippen LogP contribution in [0, 0.1) is 20.8 Å². The summed E-state index contributed by atoms with van der Waals surface area (Å²) in [5.41, 5.74) is 7.48. The smallest absolute Gasteiger partial charge is 0.258 e. The van der Waals surface area contributed by atoms with E-state index in [-0.39, 0.29) is 0 Å². The maximum absolute atomic E-state index is 5.72. The van der Waals surface area contributed by atoms with E-state index in [9.17, 15) is 0 Å². The Balaban J connectivity index is 1.84. The average Bonchev–Trinajstić information content (AvgIpc) is 3.24. The highest BCUT2D eigenvalue weighted by molar-refractivity contribution is 5.89. The summed E-state index contributed by atoms with van der Waals surface area (Å²) in [5, 5.41) is 7.31. The van der Waals surface area contributed by atoms with Gasteiger partial charge in [0.05, 0.1) is 5.56 Å². The molecule has 2 aromatic heterocycles. The molecule has 0 radical (unpaired) electrons. The lowest BCUT2D eigenvalue weighted by Crippen LogP contribution is -1.96. The Labute approximate surface area is 176 Å². The van der Waals surface area contributed by atoms with Gasteiger partial charge in [-0.25, -0.2) is 4.98 Å². The molecule has 2 aromatic carbocycles. The Kier molecular flexibility index (Phi) is 5.44. The first-order chi connectivity index (χ1) is 14.5. The number of nitrogens with zero attached hydrogens (tertiary/aromatic N) is 3. The van der Waals surface area contributed by atoms with Crippen LogP contribution in [0.2, 0.25) is 0 Å². The average molecular weight is 396 g/mol. The summed E-state index contributed by atoms with van der Waals surface area (Å²) in [6.45, 7) is 6.30. The molecule has 0 bridgehead atoms. The Hall–Kier alpha value is -3.73. The summed E-state index contributed by atoms with van der Waals surface area (Å²) < 4.78 is 5.72. The Morgan fingerprint density at radius 1 is 0.967 bits per heavy atom. The number of rotatable bonds is 5. The molecule has 0 amide bonds. The van der Waals surface area contributed by atoms with Gasteiger partial charge in [0, 0.05) is 18.8 Å². The van der Waals surface area contributed by atoms with Gasteiger partial charge in [-0.15, -0.1) is 0 Å². The molecule has 0 aliphatic heterocycles. The van der Waals surface area contributed by atoms with Gasteiger partial charge in [0.15, 0.2) is 0 Å². The number of benzene rings is 2. The Bertz CT molecular complexity index is 1220. The van der Waals surface area contributed by atoms with E-state index in [1.165, 1.54) is 16.7 Å². The molecule has 0 atom stereocenters. The second-order valence-electron chi connectivity index (χ2n) is 7.34. The van der Waals surface area contributed by atoms with Crippen LogP contribution < -0.4 is 5.32 Å². The fourth-order valence-corrected chi connectivity index (χ4v) is 3.33. The molecule has 150 valence electrons. The third kappa shape index (κ3) is 4.01. The van der Waals surface area contributed by atoms with Gasteiger partial charge in [0.2, 0.25) is 5.82 Å². The Morgan fingerprint density at radius 2 is 1.83 bits per heavy atom. The fourth-order valence-electron chi connectivity index (χ4n) is 3.33. The topological polar surface area (TPSA) is 63.8 Å². The second-order valence-corrected chi connectivity index (χ2v) is 7.34. The van der Waals surface area contributed by atoms with E-state index in [1.807, 2.05) is 25.2 Å². The number of hydrogen-bond acceptors (Lipinski definition) is 5.